The van der Waals surface area contributed by atoms with E-state index in [2.05, 4.69) is 4.99 Å². The highest BCUT2D eigenvalue weighted by Crippen LogP contribution is 2.18. The molecule has 0 bridgehead atoms. The summed E-state index contributed by atoms with van der Waals surface area (Å²) in [5.74, 6) is -0.131. The minimum absolute atomic E-state index is 0. The smallest absolute Gasteiger partial charge is 0.240 e. The molecule has 29 heavy (non-hydrogen) atoms. The maximum Gasteiger partial charge on any atom is 0.240 e. The van der Waals surface area contributed by atoms with E-state index in [1.807, 2.05) is 32.0 Å². The van der Waals surface area contributed by atoms with Gasteiger partial charge in [0.25, 0.3) is 0 Å². The van der Waals surface area contributed by atoms with Crippen LogP contribution >= 0.6 is 12.4 Å². The number of aliphatic hydroxyl groups excluding tert-OH is 1. The van der Waals surface area contributed by atoms with Gasteiger partial charge < -0.3 is 32.0 Å². The first-order valence-corrected chi connectivity index (χ1v) is 9.56. The Hall–Kier alpha value is -2.16. The lowest BCUT2D eigenvalue weighted by Gasteiger charge is -2.32. The van der Waals surface area contributed by atoms with Gasteiger partial charge in [-0.2, -0.15) is 0 Å². The van der Waals surface area contributed by atoms with Crippen LogP contribution in [0.2, 0.25) is 0 Å². The largest absolute Gasteiger partial charge is 0.387 e. The number of hydrogen-bond donors (Lipinski definition) is 4. The van der Waals surface area contributed by atoms with E-state index in [-0.39, 0.29) is 36.7 Å². The Kier molecular flexibility index (Phi) is 12.9. The second kappa shape index (κ2) is 13.9. The quantitative estimate of drug-likeness (QED) is 0.169. The van der Waals surface area contributed by atoms with Crippen LogP contribution in [-0.2, 0) is 9.59 Å². The normalized spacial score (nSPS) is 13.7. The number of aliphatic imine (C=N–C) groups is 1. The summed E-state index contributed by atoms with van der Waals surface area (Å²) in [5, 5.41) is 10.6. The standard InChI is InChI=1S/C20H33N5O3.ClH/c1-14(2)11-17(21)19(28)25(12-18(27)15-7-4-3-5-8-15)16(13-26)9-6-10-24-20(22)23;/h3-5,7-8,13-14,16-18,27H,6,9-12,21H2,1-2H3,(H4,22,23,24);1H/t16-,17-,18?;/m0./s1. The molecule has 1 rings (SSSR count). The molecular formula is C20H34ClN5O3. The van der Waals surface area contributed by atoms with E-state index in [0.717, 1.165) is 0 Å². The molecule has 164 valence electrons. The van der Waals surface area contributed by atoms with E-state index in [1.165, 1.54) is 4.90 Å². The summed E-state index contributed by atoms with van der Waals surface area (Å²) in [7, 11) is 0. The molecule has 3 atom stereocenters. The minimum atomic E-state index is -0.920. The molecule has 0 saturated carbocycles. The van der Waals surface area contributed by atoms with Crippen molar-refractivity contribution < 1.29 is 14.7 Å². The maximum atomic E-state index is 13.0. The summed E-state index contributed by atoms with van der Waals surface area (Å²) in [4.78, 5) is 30.0. The lowest BCUT2D eigenvalue weighted by molar-refractivity contribution is -0.139. The summed E-state index contributed by atoms with van der Waals surface area (Å²) < 4.78 is 0. The molecule has 0 radical (unpaired) electrons. The van der Waals surface area contributed by atoms with Crippen molar-refractivity contribution in [3.63, 3.8) is 0 Å². The number of benzene rings is 1. The van der Waals surface area contributed by atoms with E-state index in [0.29, 0.717) is 37.7 Å². The molecule has 0 fully saturated rings. The fourth-order valence-electron chi connectivity index (χ4n) is 2.98. The van der Waals surface area contributed by atoms with Crippen LogP contribution in [0.25, 0.3) is 0 Å². The number of carbonyl (C=O) groups excluding carboxylic acids is 2. The van der Waals surface area contributed by atoms with Crippen molar-refractivity contribution >= 4 is 30.6 Å². The van der Waals surface area contributed by atoms with Crippen molar-refractivity contribution in [2.24, 2.45) is 28.1 Å². The Balaban J connectivity index is 0.00000784. The second-order valence-corrected chi connectivity index (χ2v) is 7.31. The zero-order chi connectivity index (χ0) is 21.1. The summed E-state index contributed by atoms with van der Waals surface area (Å²) in [6.45, 7) is 4.29. The third-order valence-electron chi connectivity index (χ3n) is 4.39. The molecule has 0 aromatic heterocycles. The molecule has 8 nitrogen and oxygen atoms in total. The predicted octanol–water partition coefficient (Wildman–Crippen LogP) is 0.965. The molecule has 0 aliphatic carbocycles. The highest BCUT2D eigenvalue weighted by molar-refractivity contribution is 5.85. The minimum Gasteiger partial charge on any atom is -0.387 e. The molecule has 0 spiro atoms. The van der Waals surface area contributed by atoms with E-state index >= 15 is 0 Å². The molecule has 1 amide bonds. The van der Waals surface area contributed by atoms with Crippen molar-refractivity contribution in [2.75, 3.05) is 13.1 Å². The summed E-state index contributed by atoms with van der Waals surface area (Å²) in [6, 6.07) is 7.56. The monoisotopic (exact) mass is 427 g/mol. The number of hydrogen-bond acceptors (Lipinski definition) is 5. The van der Waals surface area contributed by atoms with Gasteiger partial charge in [0.05, 0.1) is 24.7 Å². The van der Waals surface area contributed by atoms with Crippen molar-refractivity contribution in [2.45, 2.75) is 51.3 Å². The van der Waals surface area contributed by atoms with Crippen molar-refractivity contribution in [1.82, 2.24) is 4.90 Å². The first-order valence-electron chi connectivity index (χ1n) is 9.56. The van der Waals surface area contributed by atoms with Crippen LogP contribution in [-0.4, -0.2) is 53.3 Å². The lowest BCUT2D eigenvalue weighted by atomic mass is 10.0. The van der Waals surface area contributed by atoms with Gasteiger partial charge in [0.1, 0.15) is 6.29 Å². The van der Waals surface area contributed by atoms with Crippen LogP contribution in [0.3, 0.4) is 0 Å². The third kappa shape index (κ3) is 9.74. The van der Waals surface area contributed by atoms with Crippen molar-refractivity contribution in [1.29, 1.82) is 0 Å². The third-order valence-corrected chi connectivity index (χ3v) is 4.39. The van der Waals surface area contributed by atoms with Gasteiger partial charge in [0.15, 0.2) is 5.96 Å². The highest BCUT2D eigenvalue weighted by atomic mass is 35.5. The molecule has 0 heterocycles. The number of guanidine groups is 1. The highest BCUT2D eigenvalue weighted by Gasteiger charge is 2.29. The average Bonchev–Trinajstić information content (AvgIpc) is 2.66. The first-order chi connectivity index (χ1) is 13.3. The van der Waals surface area contributed by atoms with Crippen LogP contribution < -0.4 is 17.2 Å². The molecule has 1 unspecified atom stereocenters. The Bertz CT molecular complexity index is 638. The van der Waals surface area contributed by atoms with Gasteiger partial charge in [-0.05, 0) is 30.7 Å². The fraction of sp³-hybridized carbons (Fsp3) is 0.550. The lowest BCUT2D eigenvalue weighted by Crippen LogP contribution is -2.51. The SMILES string of the molecule is CC(C)C[C@H](N)C(=O)N(CC(O)c1ccccc1)[C@H](C=O)CCCN=C(N)N.Cl. The van der Waals surface area contributed by atoms with Gasteiger partial charge in [-0.25, -0.2) is 0 Å². The Morgan fingerprint density at radius 3 is 2.38 bits per heavy atom. The topological polar surface area (TPSA) is 148 Å². The van der Waals surface area contributed by atoms with E-state index in [1.54, 1.807) is 12.1 Å². The van der Waals surface area contributed by atoms with Gasteiger partial charge in [-0.1, -0.05) is 44.2 Å². The molecule has 0 saturated heterocycles. The molecule has 0 aliphatic heterocycles. The summed E-state index contributed by atoms with van der Waals surface area (Å²) >= 11 is 0. The van der Waals surface area contributed by atoms with Gasteiger partial charge in [-0.3, -0.25) is 9.79 Å². The molecular weight excluding hydrogens is 394 g/mol. The van der Waals surface area contributed by atoms with E-state index in [4.69, 9.17) is 17.2 Å². The number of carbonyl (C=O) groups is 2. The molecule has 7 N–H and O–H groups in total. The van der Waals surface area contributed by atoms with Crippen molar-refractivity contribution in [3.05, 3.63) is 35.9 Å². The Labute approximate surface area is 178 Å². The number of amides is 1. The van der Waals surface area contributed by atoms with Crippen LogP contribution in [0.5, 0.6) is 0 Å². The van der Waals surface area contributed by atoms with Crippen LogP contribution in [0.1, 0.15) is 44.8 Å². The second-order valence-electron chi connectivity index (χ2n) is 7.31. The van der Waals surface area contributed by atoms with Crippen LogP contribution in [0.15, 0.2) is 35.3 Å². The number of rotatable bonds is 12. The zero-order valence-electron chi connectivity index (χ0n) is 17.1. The molecule has 1 aromatic rings. The van der Waals surface area contributed by atoms with Gasteiger partial charge in [0, 0.05) is 6.54 Å². The number of nitrogens with two attached hydrogens (primary N) is 3. The maximum absolute atomic E-state index is 13.0. The molecule has 1 aromatic carbocycles. The van der Waals surface area contributed by atoms with Gasteiger partial charge >= 0.3 is 0 Å². The number of aldehydes is 1. The summed E-state index contributed by atoms with van der Waals surface area (Å²) in [5.41, 5.74) is 17.4. The van der Waals surface area contributed by atoms with Crippen LogP contribution in [0.4, 0.5) is 0 Å². The van der Waals surface area contributed by atoms with Gasteiger partial charge in [0.2, 0.25) is 5.91 Å². The first kappa shape index (κ1) is 26.8. The van der Waals surface area contributed by atoms with E-state index in [9.17, 15) is 14.7 Å². The average molecular weight is 428 g/mol. The van der Waals surface area contributed by atoms with E-state index < -0.39 is 18.2 Å². The summed E-state index contributed by atoms with van der Waals surface area (Å²) in [6.07, 6.45) is 1.19. The van der Waals surface area contributed by atoms with Gasteiger partial charge in [-0.15, -0.1) is 12.4 Å². The predicted molar refractivity (Wildman–Crippen MR) is 118 cm³/mol. The Morgan fingerprint density at radius 2 is 1.86 bits per heavy atom. The Morgan fingerprint density at radius 1 is 1.24 bits per heavy atom. The molecule has 9 heteroatoms. The molecule has 0 aliphatic rings. The van der Waals surface area contributed by atoms with Crippen molar-refractivity contribution in [3.8, 4) is 0 Å². The zero-order valence-corrected chi connectivity index (χ0v) is 17.9. The number of aliphatic hydroxyl groups is 1. The number of nitrogens with zero attached hydrogens (tertiary/aromatic N) is 2. The fourth-order valence-corrected chi connectivity index (χ4v) is 2.98. The number of halogens is 1. The van der Waals surface area contributed by atoms with Crippen LogP contribution in [0, 0.1) is 5.92 Å².